The zero-order chi connectivity index (χ0) is 12.1. The number of anilines is 1. The smallest absolute Gasteiger partial charge is 0.225 e. The van der Waals surface area contributed by atoms with Crippen LogP contribution in [0.3, 0.4) is 0 Å². The summed E-state index contributed by atoms with van der Waals surface area (Å²) < 4.78 is 0. The monoisotopic (exact) mass is 254 g/mol. The molecule has 1 aromatic heterocycles. The van der Waals surface area contributed by atoms with Crippen molar-refractivity contribution in [1.82, 2.24) is 15.3 Å². The van der Waals surface area contributed by atoms with Crippen molar-refractivity contribution >= 4 is 17.5 Å². The van der Waals surface area contributed by atoms with Crippen molar-refractivity contribution in [2.75, 3.05) is 24.5 Å². The van der Waals surface area contributed by atoms with Crippen molar-refractivity contribution < 1.29 is 0 Å². The van der Waals surface area contributed by atoms with Crippen LogP contribution < -0.4 is 10.2 Å². The molecule has 2 rings (SSSR count). The quantitative estimate of drug-likeness (QED) is 0.894. The van der Waals surface area contributed by atoms with Crippen LogP contribution in [-0.2, 0) is 0 Å². The molecule has 1 atom stereocenters. The van der Waals surface area contributed by atoms with Gasteiger partial charge in [-0.05, 0) is 26.3 Å². The van der Waals surface area contributed by atoms with Gasteiger partial charge in [0, 0.05) is 19.1 Å². The maximum atomic E-state index is 5.80. The first kappa shape index (κ1) is 12.6. The van der Waals surface area contributed by atoms with Crippen molar-refractivity contribution in [2.24, 2.45) is 0 Å². The highest BCUT2D eigenvalue weighted by Crippen LogP contribution is 2.13. The van der Waals surface area contributed by atoms with Gasteiger partial charge in [-0.3, -0.25) is 0 Å². The zero-order valence-electron chi connectivity index (χ0n) is 10.2. The summed E-state index contributed by atoms with van der Waals surface area (Å²) >= 11 is 5.80. The number of nitrogens with one attached hydrogen (secondary N) is 1. The molecule has 0 bridgehead atoms. The molecule has 1 aliphatic rings. The second-order valence-electron chi connectivity index (χ2n) is 4.39. The summed E-state index contributed by atoms with van der Waals surface area (Å²) in [6, 6.07) is 0.558. The lowest BCUT2D eigenvalue weighted by Crippen LogP contribution is -2.44. The Kier molecular flexibility index (Phi) is 4.57. The largest absolute Gasteiger partial charge is 0.340 e. The molecule has 17 heavy (non-hydrogen) atoms. The van der Waals surface area contributed by atoms with Gasteiger partial charge in [-0.1, -0.05) is 18.0 Å². The Morgan fingerprint density at radius 2 is 2.18 bits per heavy atom. The first-order valence-corrected chi connectivity index (χ1v) is 6.63. The Balaban J connectivity index is 1.97. The molecular formula is C12H19ClN4. The third-order valence-corrected chi connectivity index (χ3v) is 3.32. The number of likely N-dealkylation sites (N-methyl/N-ethyl adjacent to an activating group) is 1. The lowest BCUT2D eigenvalue weighted by Gasteiger charge is -2.29. The predicted molar refractivity (Wildman–Crippen MR) is 70.6 cm³/mol. The van der Waals surface area contributed by atoms with Crippen LogP contribution in [0.25, 0.3) is 0 Å². The lowest BCUT2D eigenvalue weighted by molar-refractivity contribution is 0.399. The molecule has 0 amide bonds. The van der Waals surface area contributed by atoms with Gasteiger partial charge in [-0.15, -0.1) is 0 Å². The average molecular weight is 255 g/mol. The van der Waals surface area contributed by atoms with Gasteiger partial charge in [0.05, 0.1) is 17.4 Å². The van der Waals surface area contributed by atoms with Crippen LogP contribution in [0.4, 0.5) is 5.95 Å². The fraction of sp³-hybridized carbons (Fsp3) is 0.667. The minimum Gasteiger partial charge on any atom is -0.340 e. The summed E-state index contributed by atoms with van der Waals surface area (Å²) in [5.41, 5.74) is 0. The van der Waals surface area contributed by atoms with Crippen LogP contribution in [0.5, 0.6) is 0 Å². The molecule has 1 aromatic rings. The molecule has 0 aromatic carbocycles. The van der Waals surface area contributed by atoms with E-state index in [1.54, 1.807) is 12.4 Å². The van der Waals surface area contributed by atoms with Crippen LogP contribution in [-0.4, -0.2) is 35.6 Å². The third kappa shape index (κ3) is 3.54. The molecule has 1 aliphatic heterocycles. The first-order valence-electron chi connectivity index (χ1n) is 6.25. The Morgan fingerprint density at radius 3 is 2.76 bits per heavy atom. The van der Waals surface area contributed by atoms with Gasteiger partial charge in [0.2, 0.25) is 5.95 Å². The van der Waals surface area contributed by atoms with Gasteiger partial charge in [-0.2, -0.15) is 0 Å². The second-order valence-corrected chi connectivity index (χ2v) is 4.82. The van der Waals surface area contributed by atoms with Gasteiger partial charge >= 0.3 is 0 Å². The molecular weight excluding hydrogens is 236 g/mol. The van der Waals surface area contributed by atoms with Crippen LogP contribution in [0.1, 0.15) is 26.2 Å². The molecule has 0 aliphatic carbocycles. The summed E-state index contributed by atoms with van der Waals surface area (Å²) in [4.78, 5) is 10.7. The summed E-state index contributed by atoms with van der Waals surface area (Å²) in [5, 5.41) is 4.13. The van der Waals surface area contributed by atoms with E-state index in [0.717, 1.165) is 25.6 Å². The van der Waals surface area contributed by atoms with Gasteiger partial charge in [-0.25, -0.2) is 9.97 Å². The molecule has 5 heteroatoms. The number of aromatic nitrogens is 2. The molecule has 0 radical (unpaired) electrons. The fourth-order valence-corrected chi connectivity index (χ4v) is 2.26. The van der Waals surface area contributed by atoms with Crippen molar-refractivity contribution in [3.8, 4) is 0 Å². The number of halogens is 1. The van der Waals surface area contributed by atoms with E-state index in [0.29, 0.717) is 11.1 Å². The van der Waals surface area contributed by atoms with Crippen LogP contribution in [0.2, 0.25) is 5.02 Å². The Hall–Kier alpha value is -0.870. The molecule has 1 N–H and O–H groups in total. The maximum absolute atomic E-state index is 5.80. The molecule has 2 heterocycles. The molecule has 4 nitrogen and oxygen atoms in total. The van der Waals surface area contributed by atoms with Crippen LogP contribution in [0, 0.1) is 0 Å². The SMILES string of the molecule is CCN(CC1CCCCN1)c1ncc(Cl)cn1. The Bertz CT molecular complexity index is 335. The van der Waals surface area contributed by atoms with E-state index in [-0.39, 0.29) is 0 Å². The summed E-state index contributed by atoms with van der Waals surface area (Å²) in [5.74, 6) is 0.768. The molecule has 94 valence electrons. The van der Waals surface area contributed by atoms with Crippen LogP contribution >= 0.6 is 11.6 Å². The standard InChI is InChI=1S/C12H19ClN4/c1-2-17(9-11-5-3-4-6-14-11)12-15-7-10(13)8-16-12/h7-8,11,14H,2-6,9H2,1H3. The first-order chi connectivity index (χ1) is 8.29. The minimum absolute atomic E-state index is 0.558. The second kappa shape index (κ2) is 6.17. The predicted octanol–water partition coefficient (Wildman–Crippen LogP) is 2.10. The highest BCUT2D eigenvalue weighted by molar-refractivity contribution is 6.30. The van der Waals surface area contributed by atoms with E-state index in [2.05, 4.69) is 27.1 Å². The topological polar surface area (TPSA) is 41.0 Å². The molecule has 0 saturated carbocycles. The normalized spacial score (nSPS) is 20.2. The molecule has 1 unspecified atom stereocenters. The Labute approximate surface area is 107 Å². The van der Waals surface area contributed by atoms with E-state index < -0.39 is 0 Å². The van der Waals surface area contributed by atoms with E-state index in [1.807, 2.05) is 0 Å². The summed E-state index contributed by atoms with van der Waals surface area (Å²) in [7, 11) is 0. The van der Waals surface area contributed by atoms with Gasteiger partial charge < -0.3 is 10.2 Å². The molecule has 0 spiro atoms. The third-order valence-electron chi connectivity index (χ3n) is 3.12. The van der Waals surface area contributed by atoms with E-state index >= 15 is 0 Å². The number of nitrogens with zero attached hydrogens (tertiary/aromatic N) is 3. The summed E-state index contributed by atoms with van der Waals surface area (Å²) in [6.45, 7) is 5.14. The number of hydrogen-bond donors (Lipinski definition) is 1. The van der Waals surface area contributed by atoms with E-state index in [4.69, 9.17) is 11.6 Å². The number of rotatable bonds is 4. The maximum Gasteiger partial charge on any atom is 0.225 e. The van der Waals surface area contributed by atoms with Gasteiger partial charge in [0.25, 0.3) is 0 Å². The van der Waals surface area contributed by atoms with Crippen molar-refractivity contribution in [1.29, 1.82) is 0 Å². The van der Waals surface area contributed by atoms with Crippen molar-refractivity contribution in [3.05, 3.63) is 17.4 Å². The number of hydrogen-bond acceptors (Lipinski definition) is 4. The average Bonchev–Trinajstić information content (AvgIpc) is 2.38. The molecule has 1 fully saturated rings. The number of piperidine rings is 1. The summed E-state index contributed by atoms with van der Waals surface area (Å²) in [6.07, 6.45) is 7.16. The fourth-order valence-electron chi connectivity index (χ4n) is 2.17. The van der Waals surface area contributed by atoms with Crippen molar-refractivity contribution in [2.45, 2.75) is 32.2 Å². The zero-order valence-corrected chi connectivity index (χ0v) is 11.0. The van der Waals surface area contributed by atoms with Crippen LogP contribution in [0.15, 0.2) is 12.4 Å². The molecule has 1 saturated heterocycles. The highest BCUT2D eigenvalue weighted by Gasteiger charge is 2.17. The minimum atomic E-state index is 0.558. The van der Waals surface area contributed by atoms with E-state index in [1.165, 1.54) is 19.3 Å². The Morgan fingerprint density at radius 1 is 1.41 bits per heavy atom. The van der Waals surface area contributed by atoms with E-state index in [9.17, 15) is 0 Å². The van der Waals surface area contributed by atoms with Gasteiger partial charge in [0.15, 0.2) is 0 Å². The van der Waals surface area contributed by atoms with Crippen molar-refractivity contribution in [3.63, 3.8) is 0 Å². The highest BCUT2D eigenvalue weighted by atomic mass is 35.5. The van der Waals surface area contributed by atoms with Gasteiger partial charge in [0.1, 0.15) is 0 Å². The lowest BCUT2D eigenvalue weighted by atomic mass is 10.0.